The Hall–Kier alpha value is -18.0. The van der Waals surface area contributed by atoms with Gasteiger partial charge in [-0.3, -0.25) is 0 Å². The van der Waals surface area contributed by atoms with E-state index in [0.29, 0.717) is 100 Å². The third-order valence-electron chi connectivity index (χ3n) is 26.8. The first kappa shape index (κ1) is 58.0. The summed E-state index contributed by atoms with van der Waals surface area (Å²) in [4.78, 5) is 0. The zero-order chi connectivity index (χ0) is 111. The molecule has 0 unspecified atom stereocenters. The number of fused-ring (bicyclic) bond motifs is 22. The van der Waals surface area contributed by atoms with Crippen LogP contribution in [0.25, 0.3) is 284 Å². The summed E-state index contributed by atoms with van der Waals surface area (Å²) in [7, 11) is 0. The van der Waals surface area contributed by atoms with Crippen LogP contribution in [-0.4, -0.2) is 0 Å². The predicted molar refractivity (Wildman–Crippen MR) is 583 cm³/mol. The van der Waals surface area contributed by atoms with Crippen LogP contribution >= 0.6 is 0 Å². The Balaban J connectivity index is 0.000000116. The lowest BCUT2D eigenvalue weighted by Gasteiger charge is -2.18. The van der Waals surface area contributed by atoms with Gasteiger partial charge in [-0.25, -0.2) is 0 Å². The van der Waals surface area contributed by atoms with Gasteiger partial charge >= 0.3 is 0 Å². The molecule has 26 aromatic carbocycles. The van der Waals surface area contributed by atoms with Crippen LogP contribution < -0.4 is 0 Å². The molecule has 0 fully saturated rings. The van der Waals surface area contributed by atoms with Crippen LogP contribution in [0.3, 0.4) is 0 Å². The normalized spacial score (nSPS) is 14.2. The molecule has 0 aliphatic carbocycles. The molecule has 0 atom stereocenters. The van der Waals surface area contributed by atoms with Gasteiger partial charge in [-0.15, -0.1) is 0 Å². The summed E-state index contributed by atoms with van der Waals surface area (Å²) in [5.74, 6) is 0. The van der Waals surface area contributed by atoms with Crippen LogP contribution in [0.2, 0.25) is 0 Å². The average Bonchev–Trinajstić information content (AvgIpc) is 1.46. The summed E-state index contributed by atoms with van der Waals surface area (Å²) in [6.07, 6.45) is 0. The van der Waals surface area contributed by atoms with E-state index in [-0.39, 0.29) is 137 Å². The Bertz CT molecular complexity index is 11400. The van der Waals surface area contributed by atoms with Gasteiger partial charge in [0.2, 0.25) is 0 Å². The molecule has 3 aromatic heterocycles. The molecule has 29 rings (SSSR count). The minimum Gasteiger partial charge on any atom is -0.456 e. The van der Waals surface area contributed by atoms with Gasteiger partial charge in [0, 0.05) is 32.3 Å². The maximum Gasteiger partial charge on any atom is 0.135 e. The van der Waals surface area contributed by atoms with Gasteiger partial charge in [0.15, 0.2) is 0 Å². The van der Waals surface area contributed by atoms with E-state index >= 15 is 0 Å². The van der Waals surface area contributed by atoms with Crippen LogP contribution in [0.15, 0.2) is 510 Å². The fourth-order valence-corrected chi connectivity index (χ4v) is 20.5. The van der Waals surface area contributed by atoms with Gasteiger partial charge in [0.1, 0.15) is 33.5 Å². The van der Waals surface area contributed by atoms with Crippen molar-refractivity contribution in [1.82, 2.24) is 0 Å². The smallest absolute Gasteiger partial charge is 0.135 e. The third-order valence-corrected chi connectivity index (χ3v) is 26.8. The van der Waals surface area contributed by atoms with Crippen molar-refractivity contribution in [3.8, 4) is 100 Å². The van der Waals surface area contributed by atoms with Crippen molar-refractivity contribution in [2.75, 3.05) is 0 Å². The summed E-state index contributed by atoms with van der Waals surface area (Å²) >= 11 is 0. The van der Waals surface area contributed by atoms with Crippen molar-refractivity contribution in [2.45, 2.75) is 0 Å². The molecule has 636 valence electrons. The van der Waals surface area contributed by atoms with Crippen LogP contribution in [-0.2, 0) is 0 Å². The monoisotopic (exact) mass is 1760 g/mol. The van der Waals surface area contributed by atoms with Gasteiger partial charge in [0.25, 0.3) is 0 Å². The lowest BCUT2D eigenvalue weighted by Crippen LogP contribution is -1.91. The molecule has 0 radical (unpaired) electrons. The third kappa shape index (κ3) is 13.4. The van der Waals surface area contributed by atoms with Gasteiger partial charge < -0.3 is 13.3 Å². The summed E-state index contributed by atoms with van der Waals surface area (Å²) in [6.45, 7) is 0. The highest BCUT2D eigenvalue weighted by Gasteiger charge is 2.24. The highest BCUT2D eigenvalue weighted by atomic mass is 16.3. The second kappa shape index (κ2) is 32.5. The van der Waals surface area contributed by atoms with Gasteiger partial charge in [-0.2, -0.15) is 0 Å². The molecule has 29 aromatic rings. The molecular weight excluding hydrogens is 1660 g/mol. The lowest BCUT2D eigenvalue weighted by molar-refractivity contribution is 0.668. The average molecular weight is 1760 g/mol. The fraction of sp³-hybridized carbons (Fsp3) is 0. The Morgan fingerprint density at radius 3 is 0.737 bits per heavy atom. The van der Waals surface area contributed by atoms with Crippen LogP contribution in [0.5, 0.6) is 0 Å². The van der Waals surface area contributed by atoms with E-state index in [1.54, 1.807) is 36.4 Å². The van der Waals surface area contributed by atoms with E-state index in [9.17, 15) is 16.4 Å². The van der Waals surface area contributed by atoms with Crippen molar-refractivity contribution < 1.29 is 46.1 Å². The zero-order valence-corrected chi connectivity index (χ0v) is 72.7. The number of hydrogen-bond acceptors (Lipinski definition) is 3. The number of hydrogen-bond donors (Lipinski definition) is 0. The van der Waals surface area contributed by atoms with Gasteiger partial charge in [0.05, 0.1) is 32.9 Å². The minimum absolute atomic E-state index is 0.175. The van der Waals surface area contributed by atoms with Crippen LogP contribution in [0.1, 0.15) is 32.9 Å². The van der Waals surface area contributed by atoms with E-state index in [0.717, 1.165) is 120 Å². The SMILES string of the molecule is [2H]c1c([2H])c([2H])c2c(-c3ccc4oc5ccccc5c4c3)c3c([2H])c([2H])c([2H])c([2H])c3c(-c3ccc(-c4ccc5ccc6ccccc6c5c4)cc3)c2c1[2H].[2H]c1c([2H])c([2H])c2c(-c3ccc4oc5ccccc5c4c3)c3c([2H])c([2H])c([2H])c([2H])c3c(-c3cccc(-c4ccc5c(ccc6ccccc65)c4)c3)c2c1[2H].[2H]c1c([2H])c([2H])c2c(-c3ccc4oc5ccccc5c4c3)c3c([2H])c([2H])c([2H])c([2H])c3c(-c3cccc(-c4ccc5ccccc5c4)c3)c2c1[2H]. The molecule has 0 aliphatic heterocycles. The Morgan fingerprint density at radius 1 is 0.117 bits per heavy atom. The lowest BCUT2D eigenvalue weighted by atomic mass is 9.85. The van der Waals surface area contributed by atoms with Crippen LogP contribution in [0.4, 0.5) is 0 Å². The summed E-state index contributed by atoms with van der Waals surface area (Å²) in [5, 5.41) is 18.2. The highest BCUT2D eigenvalue weighted by Crippen LogP contribution is 2.51. The van der Waals surface area contributed by atoms with Crippen molar-refractivity contribution in [3.63, 3.8) is 0 Å². The molecule has 3 heteroatoms. The van der Waals surface area contributed by atoms with E-state index in [4.69, 9.17) is 29.7 Å². The van der Waals surface area contributed by atoms with E-state index in [1.165, 1.54) is 0 Å². The first-order chi connectivity index (χ1) is 77.9. The van der Waals surface area contributed by atoms with Crippen molar-refractivity contribution in [3.05, 3.63) is 497 Å². The Morgan fingerprint density at radius 2 is 0.343 bits per heavy atom. The minimum atomic E-state index is -0.433. The molecule has 137 heavy (non-hydrogen) atoms. The first-order valence-corrected chi connectivity index (χ1v) is 45.2. The molecule has 0 N–H and O–H groups in total. The van der Waals surface area contributed by atoms with Crippen molar-refractivity contribution in [1.29, 1.82) is 0 Å². The molecular formula is C134H82O3. The van der Waals surface area contributed by atoms with Crippen molar-refractivity contribution in [2.24, 2.45) is 0 Å². The molecule has 0 saturated carbocycles. The standard InChI is InChI=1S/2C46H28O.C42H26O/c1-2-13-35-29(10-1)20-21-32-26-31(22-24-36(32)35)30-11-9-12-33(27-30)45-38-15-3-5-17-40(38)46(41-18-6-4-16-39(41)45)34-23-25-44-42(28-34)37-14-7-8-19-43(37)47-44;1-2-10-35-30(9-1)19-20-31-21-24-33(27-41(31)35)29-17-22-32(23-18-29)45-37-12-3-5-14-39(37)46(40-15-6-4-13-38(40)45)34-25-26-44-42(28-34)36-11-7-8-16-43(36)47-44;1-2-11-28-24-30(21-20-27(28)10-1)29-12-9-13-31(25-29)41-34-15-3-5-17-36(34)42(37-18-6-4-16-35(37)41)32-22-23-40-38(26-32)33-14-7-8-19-39(33)43-40/h2*1-28H;1-26H/i3D,4D,5D,6D,15D,16D,17D,18D;3D,4D,5D,6D,12D,13D,14D,15D;3D,4D,5D,6D,15D,16D,17D,18D. The van der Waals surface area contributed by atoms with E-state index in [2.05, 4.69) is 91.0 Å². The molecule has 3 nitrogen and oxygen atoms in total. The quantitative estimate of drug-likeness (QED) is 0.107. The molecule has 0 spiro atoms. The summed E-state index contributed by atoms with van der Waals surface area (Å²) in [6, 6.07) is 105. The predicted octanol–water partition coefficient (Wildman–Crippen LogP) is 38.4. The first-order valence-electron chi connectivity index (χ1n) is 57.2. The summed E-state index contributed by atoms with van der Waals surface area (Å²) < 4.78 is 235. The largest absolute Gasteiger partial charge is 0.456 e. The topological polar surface area (TPSA) is 39.4 Å². The van der Waals surface area contributed by atoms with Crippen molar-refractivity contribution >= 4 is 184 Å². The maximum atomic E-state index is 9.36. The van der Waals surface area contributed by atoms with E-state index < -0.39 is 72.5 Å². The summed E-state index contributed by atoms with van der Waals surface area (Å²) in [5.41, 5.74) is 14.6. The number of para-hydroxylation sites is 3. The Kier molecular flexibility index (Phi) is 13.7. The fourth-order valence-electron chi connectivity index (χ4n) is 20.5. The second-order valence-electron chi connectivity index (χ2n) is 34.4. The number of furan rings is 3. The molecule has 0 saturated heterocycles. The van der Waals surface area contributed by atoms with Gasteiger partial charge in [-0.1, -0.05) is 412 Å². The number of rotatable bonds is 9. The zero-order valence-electron chi connectivity index (χ0n) is 96.7. The Labute approximate surface area is 823 Å². The second-order valence-corrected chi connectivity index (χ2v) is 34.4. The molecule has 3 heterocycles. The number of benzene rings is 26. The molecule has 0 bridgehead atoms. The van der Waals surface area contributed by atoms with Crippen LogP contribution in [0, 0.1) is 0 Å². The highest BCUT2D eigenvalue weighted by molar-refractivity contribution is 6.27. The maximum absolute atomic E-state index is 9.36. The van der Waals surface area contributed by atoms with E-state index in [1.807, 2.05) is 224 Å². The van der Waals surface area contributed by atoms with Gasteiger partial charge in [-0.05, 0) is 304 Å². The molecule has 0 amide bonds. The molecule has 0 aliphatic rings.